The Morgan fingerprint density at radius 3 is 3.18 bits per heavy atom. The first kappa shape index (κ1) is 10.1. The second-order valence-corrected chi connectivity index (χ2v) is 3.88. The summed E-state index contributed by atoms with van der Waals surface area (Å²) in [4.78, 5) is 4.40. The molecule has 3 heterocycles. The van der Waals surface area contributed by atoms with Crippen molar-refractivity contribution in [3.8, 4) is 11.8 Å². The van der Waals surface area contributed by atoms with Crippen molar-refractivity contribution in [2.24, 2.45) is 0 Å². The molecule has 0 saturated carbocycles. The van der Waals surface area contributed by atoms with Gasteiger partial charge in [-0.05, 0) is 18.4 Å². The summed E-state index contributed by atoms with van der Waals surface area (Å²) in [5.74, 6) is 6.27. The van der Waals surface area contributed by atoms with Gasteiger partial charge in [0.25, 0.3) is 0 Å². The Hall–Kier alpha value is -2.12. The minimum atomic E-state index is 0.789. The van der Waals surface area contributed by atoms with Crippen LogP contribution in [0.2, 0.25) is 0 Å². The molecule has 4 heteroatoms. The van der Waals surface area contributed by atoms with Crippen LogP contribution in [0.4, 0.5) is 0 Å². The van der Waals surface area contributed by atoms with E-state index in [0.717, 1.165) is 30.9 Å². The van der Waals surface area contributed by atoms with E-state index in [2.05, 4.69) is 33.3 Å². The van der Waals surface area contributed by atoms with Gasteiger partial charge < -0.3 is 5.32 Å². The van der Waals surface area contributed by atoms with Gasteiger partial charge in [-0.1, -0.05) is 12.0 Å². The van der Waals surface area contributed by atoms with Crippen LogP contribution in [0, 0.1) is 11.8 Å². The third kappa shape index (κ3) is 2.19. The molecule has 84 valence electrons. The molecule has 0 amide bonds. The van der Waals surface area contributed by atoms with E-state index in [9.17, 15) is 0 Å². The fraction of sp³-hybridized carbons (Fsp3) is 0.231. The summed E-state index contributed by atoms with van der Waals surface area (Å²) in [5, 5.41) is 7.36. The number of nitrogens with one attached hydrogen (secondary N) is 1. The van der Waals surface area contributed by atoms with Gasteiger partial charge in [0, 0.05) is 30.9 Å². The average Bonchev–Trinajstić information content (AvgIpc) is 2.85. The van der Waals surface area contributed by atoms with Crippen LogP contribution in [-0.4, -0.2) is 27.7 Å². The molecule has 0 fully saturated rings. The standard InChI is InChI=1S/C13H12N4/c1(11-3-7-14-8-4-11)2-12-6-10-17-13(16-12)5-9-15-17/h3,5-6,9-10,14H,4,7-8H2. The van der Waals surface area contributed by atoms with Crippen LogP contribution in [0.15, 0.2) is 36.2 Å². The summed E-state index contributed by atoms with van der Waals surface area (Å²) in [6.45, 7) is 1.93. The van der Waals surface area contributed by atoms with E-state index in [0.29, 0.717) is 0 Å². The lowest BCUT2D eigenvalue weighted by atomic mass is 10.1. The highest BCUT2D eigenvalue weighted by atomic mass is 15.2. The molecule has 2 aromatic heterocycles. The number of hydrogen-bond donors (Lipinski definition) is 1. The number of hydrogen-bond acceptors (Lipinski definition) is 3. The maximum atomic E-state index is 4.40. The number of nitrogens with zero attached hydrogens (tertiary/aromatic N) is 3. The highest BCUT2D eigenvalue weighted by molar-refractivity contribution is 5.43. The van der Waals surface area contributed by atoms with Crippen molar-refractivity contribution in [3.63, 3.8) is 0 Å². The van der Waals surface area contributed by atoms with E-state index >= 15 is 0 Å². The van der Waals surface area contributed by atoms with Crippen molar-refractivity contribution in [1.29, 1.82) is 0 Å². The van der Waals surface area contributed by atoms with E-state index in [1.54, 1.807) is 10.7 Å². The Labute approximate surface area is 99.4 Å². The largest absolute Gasteiger partial charge is 0.313 e. The summed E-state index contributed by atoms with van der Waals surface area (Å²) in [6.07, 6.45) is 6.74. The highest BCUT2D eigenvalue weighted by Gasteiger charge is 1.99. The van der Waals surface area contributed by atoms with Gasteiger partial charge in [-0.15, -0.1) is 0 Å². The molecular formula is C13H12N4. The molecule has 1 N–H and O–H groups in total. The van der Waals surface area contributed by atoms with Gasteiger partial charge in [0.2, 0.25) is 0 Å². The van der Waals surface area contributed by atoms with Crippen LogP contribution in [0.1, 0.15) is 12.1 Å². The molecular weight excluding hydrogens is 212 g/mol. The van der Waals surface area contributed by atoms with E-state index in [1.807, 2.05) is 18.3 Å². The van der Waals surface area contributed by atoms with Crippen LogP contribution in [-0.2, 0) is 0 Å². The minimum absolute atomic E-state index is 0.789. The van der Waals surface area contributed by atoms with Crippen molar-refractivity contribution >= 4 is 5.65 Å². The first-order valence-corrected chi connectivity index (χ1v) is 5.64. The Morgan fingerprint density at radius 2 is 2.29 bits per heavy atom. The van der Waals surface area contributed by atoms with Gasteiger partial charge in [-0.2, -0.15) is 5.10 Å². The van der Waals surface area contributed by atoms with Gasteiger partial charge in [0.15, 0.2) is 5.65 Å². The van der Waals surface area contributed by atoms with Crippen LogP contribution in [0.25, 0.3) is 5.65 Å². The Bertz CT molecular complexity index is 627. The maximum Gasteiger partial charge on any atom is 0.156 e. The molecule has 0 aliphatic carbocycles. The minimum Gasteiger partial charge on any atom is -0.313 e. The summed E-state index contributed by atoms with van der Waals surface area (Å²) in [7, 11) is 0. The molecule has 1 aliphatic heterocycles. The van der Waals surface area contributed by atoms with Crippen molar-refractivity contribution in [2.45, 2.75) is 6.42 Å². The quantitative estimate of drug-likeness (QED) is 0.679. The Morgan fingerprint density at radius 1 is 1.29 bits per heavy atom. The van der Waals surface area contributed by atoms with Gasteiger partial charge in [0.1, 0.15) is 5.69 Å². The molecule has 0 spiro atoms. The predicted octanol–water partition coefficient (Wildman–Crippen LogP) is 1.00. The first-order valence-electron chi connectivity index (χ1n) is 5.64. The second kappa shape index (κ2) is 4.40. The zero-order valence-electron chi connectivity index (χ0n) is 9.35. The van der Waals surface area contributed by atoms with Crippen LogP contribution >= 0.6 is 0 Å². The fourth-order valence-electron chi connectivity index (χ4n) is 1.76. The Balaban J connectivity index is 1.89. The lowest BCUT2D eigenvalue weighted by molar-refractivity contribution is 0.715. The molecule has 17 heavy (non-hydrogen) atoms. The fourth-order valence-corrected chi connectivity index (χ4v) is 1.76. The van der Waals surface area contributed by atoms with Crippen LogP contribution in [0.5, 0.6) is 0 Å². The zero-order valence-corrected chi connectivity index (χ0v) is 9.35. The maximum absolute atomic E-state index is 4.40. The van der Waals surface area contributed by atoms with Crippen molar-refractivity contribution in [2.75, 3.05) is 13.1 Å². The average molecular weight is 224 g/mol. The SMILES string of the molecule is C(#Cc1ccn2nccc2n1)C1=CCNCC1. The number of rotatable bonds is 0. The van der Waals surface area contributed by atoms with Crippen LogP contribution in [0.3, 0.4) is 0 Å². The van der Waals surface area contributed by atoms with E-state index in [-0.39, 0.29) is 0 Å². The smallest absolute Gasteiger partial charge is 0.156 e. The van der Waals surface area contributed by atoms with E-state index in [1.165, 1.54) is 5.57 Å². The summed E-state index contributed by atoms with van der Waals surface area (Å²) in [6, 6.07) is 3.75. The topological polar surface area (TPSA) is 42.2 Å². The monoisotopic (exact) mass is 224 g/mol. The molecule has 4 nitrogen and oxygen atoms in total. The highest BCUT2D eigenvalue weighted by Crippen LogP contribution is 2.03. The van der Waals surface area contributed by atoms with E-state index in [4.69, 9.17) is 0 Å². The lowest BCUT2D eigenvalue weighted by Crippen LogP contribution is -2.20. The molecule has 0 unspecified atom stereocenters. The van der Waals surface area contributed by atoms with Crippen LogP contribution < -0.4 is 5.32 Å². The van der Waals surface area contributed by atoms with Crippen molar-refractivity contribution < 1.29 is 0 Å². The third-order valence-corrected chi connectivity index (χ3v) is 2.67. The van der Waals surface area contributed by atoms with Crippen molar-refractivity contribution in [1.82, 2.24) is 19.9 Å². The molecule has 2 aromatic rings. The molecule has 0 atom stereocenters. The molecule has 0 aromatic carbocycles. The zero-order chi connectivity index (χ0) is 11.5. The molecule has 3 rings (SSSR count). The first-order chi connectivity index (χ1) is 8.42. The third-order valence-electron chi connectivity index (χ3n) is 2.67. The predicted molar refractivity (Wildman–Crippen MR) is 65.4 cm³/mol. The Kier molecular flexibility index (Phi) is 2.60. The summed E-state index contributed by atoms with van der Waals surface area (Å²) in [5.41, 5.74) is 2.81. The summed E-state index contributed by atoms with van der Waals surface area (Å²) >= 11 is 0. The van der Waals surface area contributed by atoms with Gasteiger partial charge >= 0.3 is 0 Å². The number of fused-ring (bicyclic) bond motifs is 1. The molecule has 1 aliphatic rings. The van der Waals surface area contributed by atoms with E-state index < -0.39 is 0 Å². The van der Waals surface area contributed by atoms with Crippen molar-refractivity contribution in [3.05, 3.63) is 41.9 Å². The van der Waals surface area contributed by atoms with Gasteiger partial charge in [-0.25, -0.2) is 9.50 Å². The molecule has 0 radical (unpaired) electrons. The van der Waals surface area contributed by atoms with Gasteiger partial charge in [-0.3, -0.25) is 0 Å². The number of aromatic nitrogens is 3. The second-order valence-electron chi connectivity index (χ2n) is 3.88. The molecule has 0 bridgehead atoms. The summed E-state index contributed by atoms with van der Waals surface area (Å²) < 4.78 is 1.73. The normalized spacial score (nSPS) is 15.2. The van der Waals surface area contributed by atoms with Gasteiger partial charge in [0.05, 0.1) is 6.20 Å². The molecule has 0 saturated heterocycles. The lowest BCUT2D eigenvalue weighted by Gasteiger charge is -2.07.